The quantitative estimate of drug-likeness (QED) is 0.761. The van der Waals surface area contributed by atoms with Crippen molar-refractivity contribution in [3.63, 3.8) is 0 Å². The molecule has 0 aromatic heterocycles. The third-order valence-electron chi connectivity index (χ3n) is 3.30. The van der Waals surface area contributed by atoms with Gasteiger partial charge in [-0.05, 0) is 37.1 Å². The van der Waals surface area contributed by atoms with Gasteiger partial charge < -0.3 is 10.8 Å². The average molecular weight is 220 g/mol. The largest absolute Gasteiger partial charge is 0.399 e. The maximum Gasteiger partial charge on any atom is 0.0586 e. The molecule has 1 saturated heterocycles. The molecule has 1 fully saturated rings. The second-order valence-electron chi connectivity index (χ2n) is 4.55. The second-order valence-corrected chi connectivity index (χ2v) is 4.55. The van der Waals surface area contributed by atoms with Crippen LogP contribution in [0.1, 0.15) is 24.8 Å². The summed E-state index contributed by atoms with van der Waals surface area (Å²) >= 11 is 0. The smallest absolute Gasteiger partial charge is 0.0586 e. The number of aliphatic hydroxyl groups excluding tert-OH is 1. The van der Waals surface area contributed by atoms with Gasteiger partial charge in [0.2, 0.25) is 0 Å². The summed E-state index contributed by atoms with van der Waals surface area (Å²) in [5.74, 6) is 0. The van der Waals surface area contributed by atoms with Gasteiger partial charge in [0.25, 0.3) is 0 Å². The molecule has 2 rings (SSSR count). The Morgan fingerprint density at radius 3 is 3.00 bits per heavy atom. The van der Waals surface area contributed by atoms with Gasteiger partial charge in [-0.3, -0.25) is 4.90 Å². The Kier molecular flexibility index (Phi) is 3.80. The molecule has 1 aromatic rings. The molecule has 88 valence electrons. The summed E-state index contributed by atoms with van der Waals surface area (Å²) in [4.78, 5) is 2.36. The van der Waals surface area contributed by atoms with Crippen molar-refractivity contribution in [3.05, 3.63) is 29.8 Å². The summed E-state index contributed by atoms with van der Waals surface area (Å²) in [6.07, 6.45) is 3.58. The van der Waals surface area contributed by atoms with E-state index < -0.39 is 0 Å². The summed E-state index contributed by atoms with van der Waals surface area (Å²) < 4.78 is 0. The van der Waals surface area contributed by atoms with E-state index in [0.29, 0.717) is 6.04 Å². The first-order valence-corrected chi connectivity index (χ1v) is 5.99. The number of benzene rings is 1. The first kappa shape index (κ1) is 11.4. The van der Waals surface area contributed by atoms with Crippen molar-refractivity contribution < 1.29 is 5.11 Å². The number of hydrogen-bond acceptors (Lipinski definition) is 3. The monoisotopic (exact) mass is 220 g/mol. The van der Waals surface area contributed by atoms with E-state index in [1.165, 1.54) is 18.4 Å². The standard InChI is InChI=1S/C13H20N2O/c14-12-5-3-4-11(8-12)9-15-7-2-1-6-13(15)10-16/h3-5,8,13,16H,1-2,6-7,9-10,14H2. The Morgan fingerprint density at radius 1 is 1.38 bits per heavy atom. The van der Waals surface area contributed by atoms with Gasteiger partial charge in [-0.25, -0.2) is 0 Å². The third kappa shape index (κ3) is 2.74. The minimum absolute atomic E-state index is 0.266. The number of likely N-dealkylation sites (tertiary alicyclic amines) is 1. The average Bonchev–Trinajstić information content (AvgIpc) is 2.30. The fraction of sp³-hybridized carbons (Fsp3) is 0.538. The summed E-state index contributed by atoms with van der Waals surface area (Å²) in [7, 11) is 0. The Bertz CT molecular complexity index is 340. The number of hydrogen-bond donors (Lipinski definition) is 2. The number of rotatable bonds is 3. The fourth-order valence-electron chi connectivity index (χ4n) is 2.40. The summed E-state index contributed by atoms with van der Waals surface area (Å²) in [5, 5.41) is 9.33. The first-order chi connectivity index (χ1) is 7.79. The van der Waals surface area contributed by atoms with Crippen molar-refractivity contribution in [1.29, 1.82) is 0 Å². The van der Waals surface area contributed by atoms with Crippen LogP contribution in [0.2, 0.25) is 0 Å². The van der Waals surface area contributed by atoms with E-state index >= 15 is 0 Å². The Morgan fingerprint density at radius 2 is 2.25 bits per heavy atom. The molecule has 1 unspecified atom stereocenters. The molecule has 1 aliphatic heterocycles. The van der Waals surface area contributed by atoms with E-state index in [4.69, 9.17) is 5.73 Å². The molecule has 0 amide bonds. The van der Waals surface area contributed by atoms with Gasteiger partial charge in [-0.2, -0.15) is 0 Å². The Balaban J connectivity index is 2.02. The van der Waals surface area contributed by atoms with Crippen LogP contribution in [0.25, 0.3) is 0 Å². The lowest BCUT2D eigenvalue weighted by molar-refractivity contribution is 0.0841. The lowest BCUT2D eigenvalue weighted by Crippen LogP contribution is -2.41. The zero-order valence-corrected chi connectivity index (χ0v) is 9.60. The molecule has 3 N–H and O–H groups in total. The third-order valence-corrected chi connectivity index (χ3v) is 3.30. The maximum atomic E-state index is 9.33. The molecule has 0 spiro atoms. The molecule has 3 heteroatoms. The molecule has 3 nitrogen and oxygen atoms in total. The van der Waals surface area contributed by atoms with Crippen LogP contribution < -0.4 is 5.73 Å². The topological polar surface area (TPSA) is 49.5 Å². The predicted octanol–water partition coefficient (Wildman–Crippen LogP) is 1.62. The molecule has 0 saturated carbocycles. The molecule has 1 aromatic carbocycles. The summed E-state index contributed by atoms with van der Waals surface area (Å²) in [6, 6.07) is 8.34. The van der Waals surface area contributed by atoms with Gasteiger partial charge in [-0.15, -0.1) is 0 Å². The summed E-state index contributed by atoms with van der Waals surface area (Å²) in [5.41, 5.74) is 7.81. The molecule has 0 aliphatic carbocycles. The maximum absolute atomic E-state index is 9.33. The zero-order valence-electron chi connectivity index (χ0n) is 9.60. The molecule has 0 bridgehead atoms. The number of piperidine rings is 1. The number of anilines is 1. The Hall–Kier alpha value is -1.06. The van der Waals surface area contributed by atoms with Crippen LogP contribution in [0.15, 0.2) is 24.3 Å². The van der Waals surface area contributed by atoms with Crippen LogP contribution in [0.5, 0.6) is 0 Å². The van der Waals surface area contributed by atoms with Gasteiger partial charge in [0.1, 0.15) is 0 Å². The SMILES string of the molecule is Nc1cccc(CN2CCCCC2CO)c1. The van der Waals surface area contributed by atoms with Crippen molar-refractivity contribution in [3.8, 4) is 0 Å². The van der Waals surface area contributed by atoms with Crippen molar-refractivity contribution in [2.45, 2.75) is 31.8 Å². The second kappa shape index (κ2) is 5.32. The molecule has 1 heterocycles. The van der Waals surface area contributed by atoms with Crippen LogP contribution in [-0.2, 0) is 6.54 Å². The van der Waals surface area contributed by atoms with E-state index in [-0.39, 0.29) is 6.61 Å². The van der Waals surface area contributed by atoms with Crippen molar-refractivity contribution in [2.75, 3.05) is 18.9 Å². The molecule has 16 heavy (non-hydrogen) atoms. The zero-order chi connectivity index (χ0) is 11.4. The highest BCUT2D eigenvalue weighted by molar-refractivity contribution is 5.40. The number of nitrogens with zero attached hydrogens (tertiary/aromatic N) is 1. The molecule has 0 radical (unpaired) electrons. The van der Waals surface area contributed by atoms with Crippen molar-refractivity contribution in [2.24, 2.45) is 0 Å². The van der Waals surface area contributed by atoms with Crippen molar-refractivity contribution in [1.82, 2.24) is 4.90 Å². The number of nitrogen functional groups attached to an aromatic ring is 1. The normalized spacial score (nSPS) is 22.2. The van der Waals surface area contributed by atoms with E-state index in [1.807, 2.05) is 18.2 Å². The minimum Gasteiger partial charge on any atom is -0.399 e. The highest BCUT2D eigenvalue weighted by Gasteiger charge is 2.21. The van der Waals surface area contributed by atoms with Gasteiger partial charge in [-0.1, -0.05) is 18.6 Å². The number of aliphatic hydroxyl groups is 1. The van der Waals surface area contributed by atoms with E-state index in [9.17, 15) is 5.11 Å². The van der Waals surface area contributed by atoms with Crippen LogP contribution in [0.3, 0.4) is 0 Å². The highest BCUT2D eigenvalue weighted by atomic mass is 16.3. The molecule has 1 aliphatic rings. The first-order valence-electron chi connectivity index (χ1n) is 5.99. The molecular weight excluding hydrogens is 200 g/mol. The minimum atomic E-state index is 0.266. The van der Waals surface area contributed by atoms with E-state index in [0.717, 1.165) is 25.2 Å². The molecular formula is C13H20N2O. The highest BCUT2D eigenvalue weighted by Crippen LogP contribution is 2.19. The van der Waals surface area contributed by atoms with Crippen molar-refractivity contribution >= 4 is 5.69 Å². The predicted molar refractivity (Wildman–Crippen MR) is 66.0 cm³/mol. The van der Waals surface area contributed by atoms with Crippen LogP contribution in [0.4, 0.5) is 5.69 Å². The van der Waals surface area contributed by atoms with Gasteiger partial charge in [0, 0.05) is 18.3 Å². The van der Waals surface area contributed by atoms with Gasteiger partial charge in [0.05, 0.1) is 6.61 Å². The summed E-state index contributed by atoms with van der Waals surface area (Å²) in [6.45, 7) is 2.25. The van der Waals surface area contributed by atoms with Gasteiger partial charge in [0.15, 0.2) is 0 Å². The lowest BCUT2D eigenvalue weighted by Gasteiger charge is -2.34. The fourth-order valence-corrected chi connectivity index (χ4v) is 2.40. The number of nitrogens with two attached hydrogens (primary N) is 1. The van der Waals surface area contributed by atoms with Crippen LogP contribution in [-0.4, -0.2) is 29.2 Å². The van der Waals surface area contributed by atoms with Gasteiger partial charge >= 0.3 is 0 Å². The van der Waals surface area contributed by atoms with E-state index in [1.54, 1.807) is 0 Å². The van der Waals surface area contributed by atoms with Crippen LogP contribution >= 0.6 is 0 Å². The van der Waals surface area contributed by atoms with E-state index in [2.05, 4.69) is 11.0 Å². The molecule has 1 atom stereocenters. The van der Waals surface area contributed by atoms with Crippen LogP contribution in [0, 0.1) is 0 Å². The Labute approximate surface area is 96.9 Å². The lowest BCUT2D eigenvalue weighted by atomic mass is 10.0.